The third-order valence-corrected chi connectivity index (χ3v) is 2.42. The molecular formula is C13H10F3NO. The minimum atomic E-state index is -1.12. The Labute approximate surface area is 102 Å². The quantitative estimate of drug-likeness (QED) is 0.910. The molecule has 0 unspecified atom stereocenters. The van der Waals surface area contributed by atoms with Crippen LogP contribution >= 0.6 is 0 Å². The number of rotatable bonds is 3. The van der Waals surface area contributed by atoms with Crippen LogP contribution in [0.25, 0.3) is 0 Å². The molecule has 0 radical (unpaired) electrons. The van der Waals surface area contributed by atoms with Gasteiger partial charge in [0.1, 0.15) is 11.6 Å². The average Bonchev–Trinajstić information content (AvgIpc) is 2.35. The van der Waals surface area contributed by atoms with E-state index in [2.05, 4.69) is 0 Å². The highest BCUT2D eigenvalue weighted by Gasteiger charge is 2.13. The Morgan fingerprint density at radius 1 is 0.889 bits per heavy atom. The van der Waals surface area contributed by atoms with E-state index in [4.69, 9.17) is 10.5 Å². The number of nitrogens with two attached hydrogens (primary N) is 1. The SMILES string of the molecule is NCc1c(F)cccc1Oc1cccc(F)c1F. The van der Waals surface area contributed by atoms with E-state index >= 15 is 0 Å². The van der Waals surface area contributed by atoms with Crippen LogP contribution in [0.2, 0.25) is 0 Å². The highest BCUT2D eigenvalue weighted by Crippen LogP contribution is 2.29. The highest BCUT2D eigenvalue weighted by atomic mass is 19.2. The van der Waals surface area contributed by atoms with Gasteiger partial charge in [-0.2, -0.15) is 4.39 Å². The molecule has 5 heteroatoms. The molecule has 0 saturated carbocycles. The maximum Gasteiger partial charge on any atom is 0.201 e. The van der Waals surface area contributed by atoms with Crippen molar-refractivity contribution in [1.29, 1.82) is 0 Å². The van der Waals surface area contributed by atoms with Gasteiger partial charge >= 0.3 is 0 Å². The van der Waals surface area contributed by atoms with E-state index in [1.807, 2.05) is 0 Å². The normalized spacial score (nSPS) is 10.4. The van der Waals surface area contributed by atoms with Gasteiger partial charge in [-0.05, 0) is 24.3 Å². The van der Waals surface area contributed by atoms with Crippen LogP contribution in [-0.2, 0) is 6.54 Å². The van der Waals surface area contributed by atoms with E-state index in [-0.39, 0.29) is 23.6 Å². The fourth-order valence-electron chi connectivity index (χ4n) is 1.51. The zero-order valence-electron chi connectivity index (χ0n) is 9.29. The summed E-state index contributed by atoms with van der Waals surface area (Å²) in [6.45, 7) is -0.0983. The van der Waals surface area contributed by atoms with Gasteiger partial charge in [-0.25, -0.2) is 8.78 Å². The molecule has 2 rings (SSSR count). The van der Waals surface area contributed by atoms with Crippen molar-refractivity contribution in [2.24, 2.45) is 5.73 Å². The Balaban J connectivity index is 2.40. The molecule has 18 heavy (non-hydrogen) atoms. The van der Waals surface area contributed by atoms with Gasteiger partial charge in [-0.3, -0.25) is 0 Å². The number of halogens is 3. The molecule has 0 heterocycles. The first-order valence-electron chi connectivity index (χ1n) is 5.23. The van der Waals surface area contributed by atoms with Crippen LogP contribution in [0, 0.1) is 17.5 Å². The zero-order chi connectivity index (χ0) is 13.1. The molecule has 0 aliphatic rings. The van der Waals surface area contributed by atoms with E-state index in [1.165, 1.54) is 30.3 Å². The lowest BCUT2D eigenvalue weighted by atomic mass is 10.2. The number of hydrogen-bond donors (Lipinski definition) is 1. The monoisotopic (exact) mass is 253 g/mol. The molecule has 0 bridgehead atoms. The summed E-state index contributed by atoms with van der Waals surface area (Å²) in [6, 6.07) is 7.59. The lowest BCUT2D eigenvalue weighted by molar-refractivity contribution is 0.410. The molecule has 0 aromatic heterocycles. The molecule has 2 N–H and O–H groups in total. The summed E-state index contributed by atoms with van der Waals surface area (Å²) in [7, 11) is 0. The van der Waals surface area contributed by atoms with E-state index in [0.29, 0.717) is 0 Å². The molecule has 94 valence electrons. The maximum absolute atomic E-state index is 13.4. The molecule has 0 amide bonds. The van der Waals surface area contributed by atoms with Gasteiger partial charge in [0.05, 0.1) is 0 Å². The standard InChI is InChI=1S/C13H10F3NO/c14-9-3-1-5-11(8(9)7-17)18-12-6-2-4-10(15)13(12)16/h1-6H,7,17H2. The van der Waals surface area contributed by atoms with Gasteiger partial charge in [-0.15, -0.1) is 0 Å². The van der Waals surface area contributed by atoms with Gasteiger partial charge in [0.2, 0.25) is 5.82 Å². The van der Waals surface area contributed by atoms with Gasteiger partial charge in [-0.1, -0.05) is 12.1 Å². The van der Waals surface area contributed by atoms with Crippen LogP contribution in [0.1, 0.15) is 5.56 Å². The smallest absolute Gasteiger partial charge is 0.201 e. The van der Waals surface area contributed by atoms with E-state index in [1.54, 1.807) is 0 Å². The first-order valence-corrected chi connectivity index (χ1v) is 5.23. The van der Waals surface area contributed by atoms with Gasteiger partial charge in [0.25, 0.3) is 0 Å². The first-order chi connectivity index (χ1) is 8.63. The Morgan fingerprint density at radius 2 is 1.50 bits per heavy atom. The van der Waals surface area contributed by atoms with Crippen molar-refractivity contribution in [1.82, 2.24) is 0 Å². The van der Waals surface area contributed by atoms with Crippen molar-refractivity contribution < 1.29 is 17.9 Å². The number of ether oxygens (including phenoxy) is 1. The van der Waals surface area contributed by atoms with Crippen molar-refractivity contribution in [2.75, 3.05) is 0 Å². The molecule has 2 aromatic carbocycles. The zero-order valence-corrected chi connectivity index (χ0v) is 9.29. The molecule has 2 nitrogen and oxygen atoms in total. The predicted octanol–water partition coefficient (Wildman–Crippen LogP) is 3.35. The summed E-state index contributed by atoms with van der Waals surface area (Å²) in [5.41, 5.74) is 5.50. The summed E-state index contributed by atoms with van der Waals surface area (Å²) in [5.74, 6) is -2.94. The van der Waals surface area contributed by atoms with Crippen LogP contribution in [0.5, 0.6) is 11.5 Å². The number of hydrogen-bond acceptors (Lipinski definition) is 2. The Morgan fingerprint density at radius 3 is 2.17 bits per heavy atom. The lowest BCUT2D eigenvalue weighted by Crippen LogP contribution is -2.03. The van der Waals surface area contributed by atoms with Crippen molar-refractivity contribution in [2.45, 2.75) is 6.54 Å². The minimum Gasteiger partial charge on any atom is -0.454 e. The summed E-state index contributed by atoms with van der Waals surface area (Å²) in [6.07, 6.45) is 0. The molecular weight excluding hydrogens is 243 g/mol. The Hall–Kier alpha value is -2.01. The van der Waals surface area contributed by atoms with Gasteiger partial charge in [0, 0.05) is 12.1 Å². The fraction of sp³-hybridized carbons (Fsp3) is 0.0769. The second-order valence-electron chi connectivity index (χ2n) is 3.57. The molecule has 0 saturated heterocycles. The maximum atomic E-state index is 13.4. The van der Waals surface area contributed by atoms with Crippen molar-refractivity contribution in [3.8, 4) is 11.5 Å². The summed E-state index contributed by atoms with van der Waals surface area (Å²) < 4.78 is 45.0. The Kier molecular flexibility index (Phi) is 3.53. The topological polar surface area (TPSA) is 35.2 Å². The minimum absolute atomic E-state index is 0.0713. The largest absolute Gasteiger partial charge is 0.454 e. The molecule has 0 spiro atoms. The second-order valence-corrected chi connectivity index (χ2v) is 3.57. The van der Waals surface area contributed by atoms with Crippen LogP contribution in [0.4, 0.5) is 13.2 Å². The summed E-state index contributed by atoms with van der Waals surface area (Å²) in [4.78, 5) is 0. The van der Waals surface area contributed by atoms with Crippen LogP contribution in [-0.4, -0.2) is 0 Å². The van der Waals surface area contributed by atoms with E-state index in [0.717, 1.165) is 6.07 Å². The van der Waals surface area contributed by atoms with E-state index in [9.17, 15) is 13.2 Å². The second kappa shape index (κ2) is 5.10. The van der Waals surface area contributed by atoms with Crippen molar-refractivity contribution in [3.63, 3.8) is 0 Å². The lowest BCUT2D eigenvalue weighted by Gasteiger charge is -2.11. The summed E-state index contributed by atoms with van der Waals surface area (Å²) in [5, 5.41) is 0. The van der Waals surface area contributed by atoms with Gasteiger partial charge < -0.3 is 10.5 Å². The first kappa shape index (κ1) is 12.4. The number of benzene rings is 2. The van der Waals surface area contributed by atoms with Crippen LogP contribution in [0.15, 0.2) is 36.4 Å². The predicted molar refractivity (Wildman–Crippen MR) is 60.7 cm³/mol. The molecule has 0 atom stereocenters. The van der Waals surface area contributed by atoms with Crippen molar-refractivity contribution in [3.05, 3.63) is 59.4 Å². The van der Waals surface area contributed by atoms with Crippen LogP contribution < -0.4 is 10.5 Å². The molecule has 2 aromatic rings. The molecule has 0 fully saturated rings. The molecule has 0 aliphatic heterocycles. The third kappa shape index (κ3) is 2.31. The van der Waals surface area contributed by atoms with Gasteiger partial charge in [0.15, 0.2) is 11.6 Å². The highest BCUT2D eigenvalue weighted by molar-refractivity contribution is 5.39. The Bertz CT molecular complexity index is 572. The fourth-order valence-corrected chi connectivity index (χ4v) is 1.51. The third-order valence-electron chi connectivity index (χ3n) is 2.42. The average molecular weight is 253 g/mol. The van der Waals surface area contributed by atoms with Crippen molar-refractivity contribution >= 4 is 0 Å². The summed E-state index contributed by atoms with van der Waals surface area (Å²) >= 11 is 0. The molecule has 0 aliphatic carbocycles. The van der Waals surface area contributed by atoms with Crippen LogP contribution in [0.3, 0.4) is 0 Å². The van der Waals surface area contributed by atoms with E-state index < -0.39 is 17.5 Å².